The summed E-state index contributed by atoms with van der Waals surface area (Å²) < 4.78 is 21.4. The average molecular weight is 790 g/mol. The fourth-order valence-corrected chi connectivity index (χ4v) is 10.4. The van der Waals surface area contributed by atoms with E-state index in [1.54, 1.807) is 21.3 Å². The molecule has 0 bridgehead atoms. The first-order valence-corrected chi connectivity index (χ1v) is 21.8. The monoisotopic (exact) mass is 789 g/mol. The minimum absolute atomic E-state index is 0.116. The maximum absolute atomic E-state index is 5.71. The van der Waals surface area contributed by atoms with Crippen molar-refractivity contribution in [2.45, 2.75) is 96.7 Å². The minimum Gasteiger partial charge on any atom is -0.497 e. The molecule has 7 heteroatoms. The van der Waals surface area contributed by atoms with Gasteiger partial charge in [-0.05, 0) is 98.9 Å². The first-order valence-electron chi connectivity index (χ1n) is 21.0. The standard InChI is InChI=1S/C50H67N3O3S/c1-35(2)47(39-25-29-51(8)30-26-39)57-48-37(18-23-45-49(4,5)41-33-36(3)17-21-43(41)52(45)27-13-31-54-9)15-12-16-38(48)19-24-46-50(6,7)42-34-40(56-11)20-22-44(42)53(46)28-14-32-55-10/h17-26,29-30,33-35,47H,12-16,27-28,31-32H2,1-11H3/q+2. The van der Waals surface area contributed by atoms with E-state index >= 15 is 0 Å². The molecular formula is C50H67N3O3S+2. The Balaban J connectivity index is 1.48. The van der Waals surface area contributed by atoms with Crippen molar-refractivity contribution in [1.29, 1.82) is 0 Å². The molecule has 6 rings (SSSR count). The summed E-state index contributed by atoms with van der Waals surface area (Å²) in [5.41, 5.74) is 13.2. The number of methoxy groups -OCH3 is 3. The Morgan fingerprint density at radius 1 is 0.842 bits per heavy atom. The number of benzene rings is 2. The SMILES string of the molecule is COCCCN1/C(=C/C=C2\CCCC(/C=C/C3=[N+](CCCOC)c4ccc(OC)cc4C3(C)C)=C2SC(c2cc[n+](C)cc2)C(C)C)C(C)(C)c2cc(C)ccc21. The van der Waals surface area contributed by atoms with Gasteiger partial charge < -0.3 is 19.1 Å². The molecule has 1 unspecified atom stereocenters. The summed E-state index contributed by atoms with van der Waals surface area (Å²) in [5, 5.41) is 0.317. The molecule has 2 aromatic carbocycles. The number of aryl methyl sites for hydroxylation is 2. The molecule has 2 aliphatic heterocycles. The Hall–Kier alpha value is -3.91. The minimum atomic E-state index is -0.188. The smallest absolute Gasteiger partial charge is 0.210 e. The van der Waals surface area contributed by atoms with Gasteiger partial charge in [0.25, 0.3) is 0 Å². The summed E-state index contributed by atoms with van der Waals surface area (Å²) in [6.07, 6.45) is 19.4. The molecular weight excluding hydrogens is 723 g/mol. The zero-order chi connectivity index (χ0) is 40.9. The summed E-state index contributed by atoms with van der Waals surface area (Å²) in [6.45, 7) is 19.7. The van der Waals surface area contributed by atoms with Crippen LogP contribution >= 0.6 is 11.8 Å². The molecule has 304 valence electrons. The van der Waals surface area contributed by atoms with Crippen molar-refractivity contribution in [3.63, 3.8) is 0 Å². The normalized spacial score (nSPS) is 19.4. The first kappa shape index (κ1) is 42.7. The molecule has 6 nitrogen and oxygen atoms in total. The number of rotatable bonds is 16. The van der Waals surface area contributed by atoms with Crippen molar-refractivity contribution in [3.05, 3.63) is 129 Å². The van der Waals surface area contributed by atoms with E-state index in [-0.39, 0.29) is 10.8 Å². The average Bonchev–Trinajstić information content (AvgIpc) is 3.53. The number of anilines is 1. The molecule has 57 heavy (non-hydrogen) atoms. The predicted octanol–water partition coefficient (Wildman–Crippen LogP) is 11.0. The lowest BCUT2D eigenvalue weighted by atomic mass is 9.81. The van der Waals surface area contributed by atoms with Crippen molar-refractivity contribution < 1.29 is 23.4 Å². The van der Waals surface area contributed by atoms with Crippen LogP contribution in [0, 0.1) is 12.8 Å². The quantitative estimate of drug-likeness (QED) is 0.107. The van der Waals surface area contributed by atoms with Crippen LogP contribution in [-0.4, -0.2) is 57.9 Å². The summed E-state index contributed by atoms with van der Waals surface area (Å²) in [4.78, 5) is 3.98. The second-order valence-corrected chi connectivity index (χ2v) is 18.6. The van der Waals surface area contributed by atoms with E-state index in [2.05, 4.69) is 167 Å². The van der Waals surface area contributed by atoms with Crippen molar-refractivity contribution in [3.8, 4) is 5.75 Å². The van der Waals surface area contributed by atoms with E-state index in [1.165, 1.54) is 61.1 Å². The number of hydrogen-bond donors (Lipinski definition) is 0. The van der Waals surface area contributed by atoms with Gasteiger partial charge in [0.05, 0.1) is 19.1 Å². The van der Waals surface area contributed by atoms with Crippen molar-refractivity contribution >= 4 is 28.8 Å². The zero-order valence-corrected chi connectivity index (χ0v) is 37.4. The third-order valence-electron chi connectivity index (χ3n) is 12.2. The van der Waals surface area contributed by atoms with Gasteiger partial charge >= 0.3 is 0 Å². The van der Waals surface area contributed by atoms with Gasteiger partial charge in [-0.3, -0.25) is 0 Å². The van der Waals surface area contributed by atoms with Crippen LogP contribution in [0.2, 0.25) is 0 Å². The van der Waals surface area contributed by atoms with Gasteiger partial charge in [0.2, 0.25) is 5.69 Å². The van der Waals surface area contributed by atoms with Crippen LogP contribution in [0.5, 0.6) is 5.75 Å². The highest BCUT2D eigenvalue weighted by atomic mass is 32.2. The van der Waals surface area contributed by atoms with Crippen molar-refractivity contribution in [1.82, 2.24) is 0 Å². The Bertz CT molecular complexity index is 2070. The maximum Gasteiger partial charge on any atom is 0.210 e. The summed E-state index contributed by atoms with van der Waals surface area (Å²) in [7, 11) is 7.44. The Labute approximate surface area is 348 Å². The lowest BCUT2D eigenvalue weighted by Crippen LogP contribution is -2.28. The van der Waals surface area contributed by atoms with Gasteiger partial charge in [-0.15, -0.1) is 11.8 Å². The fourth-order valence-electron chi connectivity index (χ4n) is 8.94. The third kappa shape index (κ3) is 9.06. The number of aromatic nitrogens is 1. The van der Waals surface area contributed by atoms with Crippen molar-refractivity contribution in [2.75, 3.05) is 52.5 Å². The van der Waals surface area contributed by atoms with E-state index in [0.29, 0.717) is 11.2 Å². The molecule has 1 atom stereocenters. The van der Waals surface area contributed by atoms with Crippen LogP contribution in [0.25, 0.3) is 0 Å². The summed E-state index contributed by atoms with van der Waals surface area (Å²) >= 11 is 2.07. The number of hydrogen-bond acceptors (Lipinski definition) is 5. The molecule has 1 aromatic heterocycles. The topological polar surface area (TPSA) is 37.8 Å². The molecule has 0 amide bonds. The lowest BCUT2D eigenvalue weighted by Gasteiger charge is -2.29. The van der Waals surface area contributed by atoms with Crippen LogP contribution in [0.1, 0.15) is 101 Å². The number of fused-ring (bicyclic) bond motifs is 2. The van der Waals surface area contributed by atoms with E-state index in [1.807, 2.05) is 0 Å². The van der Waals surface area contributed by atoms with E-state index in [9.17, 15) is 0 Å². The van der Waals surface area contributed by atoms with Crippen LogP contribution in [0.3, 0.4) is 0 Å². The molecule has 0 saturated heterocycles. The van der Waals surface area contributed by atoms with Crippen LogP contribution < -0.4 is 14.2 Å². The van der Waals surface area contributed by atoms with Crippen LogP contribution in [-0.2, 0) is 27.4 Å². The van der Waals surface area contributed by atoms with Gasteiger partial charge in [0, 0.05) is 90.6 Å². The van der Waals surface area contributed by atoms with Crippen molar-refractivity contribution in [2.24, 2.45) is 13.0 Å². The Kier molecular flexibility index (Phi) is 13.7. The molecule has 3 aromatic rings. The highest BCUT2D eigenvalue weighted by Gasteiger charge is 2.45. The molecule has 0 fully saturated rings. The molecule has 0 spiro atoms. The van der Waals surface area contributed by atoms with E-state index < -0.39 is 0 Å². The number of ether oxygens (including phenoxy) is 3. The third-order valence-corrected chi connectivity index (χ3v) is 14.0. The zero-order valence-electron chi connectivity index (χ0n) is 36.6. The van der Waals surface area contributed by atoms with Crippen LogP contribution in [0.4, 0.5) is 11.4 Å². The van der Waals surface area contributed by atoms with Gasteiger partial charge in [-0.2, -0.15) is 4.58 Å². The van der Waals surface area contributed by atoms with E-state index in [4.69, 9.17) is 14.2 Å². The molecule has 3 heterocycles. The molecule has 3 aliphatic rings. The Morgan fingerprint density at radius 2 is 1.58 bits per heavy atom. The molecule has 0 N–H and O–H groups in total. The fraction of sp³-hybridized carbons (Fsp3) is 0.480. The highest BCUT2D eigenvalue weighted by molar-refractivity contribution is 8.03. The second-order valence-electron chi connectivity index (χ2n) is 17.4. The maximum atomic E-state index is 5.71. The number of pyridine rings is 1. The number of thioether (sulfide) groups is 1. The highest BCUT2D eigenvalue weighted by Crippen LogP contribution is 2.50. The Morgan fingerprint density at radius 3 is 2.28 bits per heavy atom. The summed E-state index contributed by atoms with van der Waals surface area (Å²) in [5.74, 6) is 1.35. The van der Waals surface area contributed by atoms with Gasteiger partial charge in [0.15, 0.2) is 24.7 Å². The predicted molar refractivity (Wildman–Crippen MR) is 239 cm³/mol. The molecule has 1 aliphatic carbocycles. The van der Waals surface area contributed by atoms with Crippen LogP contribution in [0.15, 0.2) is 107 Å². The molecule has 0 radical (unpaired) electrons. The lowest BCUT2D eigenvalue weighted by molar-refractivity contribution is -0.671. The van der Waals surface area contributed by atoms with Gasteiger partial charge in [-0.1, -0.05) is 57.5 Å². The van der Waals surface area contributed by atoms with Gasteiger partial charge in [-0.25, -0.2) is 4.57 Å². The van der Waals surface area contributed by atoms with Gasteiger partial charge in [0.1, 0.15) is 12.8 Å². The number of nitrogens with zero attached hydrogens (tertiary/aromatic N) is 3. The largest absolute Gasteiger partial charge is 0.497 e. The number of allylic oxidation sites excluding steroid dienone is 7. The first-order chi connectivity index (χ1) is 27.3. The summed E-state index contributed by atoms with van der Waals surface area (Å²) in [6, 6.07) is 18.1. The molecule has 0 saturated carbocycles. The van der Waals surface area contributed by atoms with E-state index in [0.717, 1.165) is 64.2 Å². The second kappa shape index (κ2) is 18.3.